The highest BCUT2D eigenvalue weighted by Crippen LogP contribution is 2.16. The monoisotopic (exact) mass is 177 g/mol. The van der Waals surface area contributed by atoms with E-state index in [9.17, 15) is 0 Å². The van der Waals surface area contributed by atoms with Crippen LogP contribution in [0.3, 0.4) is 0 Å². The zero-order chi connectivity index (χ0) is 9.68. The molecule has 2 nitrogen and oxygen atoms in total. The van der Waals surface area contributed by atoms with Crippen molar-refractivity contribution >= 4 is 5.69 Å². The first-order valence-electron chi connectivity index (χ1n) is 4.35. The van der Waals surface area contributed by atoms with Crippen molar-refractivity contribution in [1.29, 1.82) is 0 Å². The summed E-state index contributed by atoms with van der Waals surface area (Å²) in [6.07, 6.45) is 0.937. The molecular formula is C11H15NO. The molecule has 0 aliphatic carbocycles. The Hall–Kier alpha value is -1.44. The molecule has 0 radical (unpaired) electrons. The van der Waals surface area contributed by atoms with E-state index in [4.69, 9.17) is 4.74 Å². The maximum Gasteiger partial charge on any atom is 0.119 e. The smallest absolute Gasteiger partial charge is 0.119 e. The molecule has 0 aliphatic rings. The Bertz CT molecular complexity index is 277. The number of hydrogen-bond donors (Lipinski definition) is 1. The van der Waals surface area contributed by atoms with E-state index in [0.717, 1.165) is 23.6 Å². The molecule has 0 atom stereocenters. The lowest BCUT2D eigenvalue weighted by Gasteiger charge is -2.07. The van der Waals surface area contributed by atoms with E-state index in [2.05, 4.69) is 18.8 Å². The summed E-state index contributed by atoms with van der Waals surface area (Å²) < 4.78 is 5.05. The summed E-state index contributed by atoms with van der Waals surface area (Å²) in [5, 5.41) is 3.19. The van der Waals surface area contributed by atoms with Crippen LogP contribution < -0.4 is 10.1 Å². The van der Waals surface area contributed by atoms with Gasteiger partial charge in [-0.3, -0.25) is 0 Å². The molecule has 1 aromatic carbocycles. The number of rotatable bonds is 4. The second-order valence-electron chi connectivity index (χ2n) is 2.81. The zero-order valence-electron chi connectivity index (χ0n) is 8.13. The minimum atomic E-state index is 0.868. The fraction of sp³-hybridized carbons (Fsp3) is 0.273. The second-order valence-corrected chi connectivity index (χ2v) is 2.81. The molecule has 1 aromatic rings. The lowest BCUT2D eigenvalue weighted by molar-refractivity contribution is 0.415. The third-order valence-corrected chi connectivity index (χ3v) is 1.84. The molecule has 0 heterocycles. The maximum absolute atomic E-state index is 5.05. The first-order valence-corrected chi connectivity index (χ1v) is 4.35. The topological polar surface area (TPSA) is 21.3 Å². The normalized spacial score (nSPS) is 9.38. The van der Waals surface area contributed by atoms with Gasteiger partial charge >= 0.3 is 0 Å². The highest BCUT2D eigenvalue weighted by Gasteiger charge is 1.93. The van der Waals surface area contributed by atoms with Gasteiger partial charge in [-0.1, -0.05) is 13.5 Å². The Labute approximate surface area is 79.2 Å². The van der Waals surface area contributed by atoms with E-state index in [0.29, 0.717) is 0 Å². The van der Waals surface area contributed by atoms with Crippen molar-refractivity contribution in [2.24, 2.45) is 0 Å². The van der Waals surface area contributed by atoms with Crippen molar-refractivity contribution in [2.75, 3.05) is 12.4 Å². The molecule has 0 fully saturated rings. The van der Waals surface area contributed by atoms with E-state index in [1.165, 1.54) is 0 Å². The fourth-order valence-electron chi connectivity index (χ4n) is 0.967. The van der Waals surface area contributed by atoms with Crippen LogP contribution in [-0.2, 0) is 0 Å². The van der Waals surface area contributed by atoms with E-state index in [1.54, 1.807) is 7.11 Å². The van der Waals surface area contributed by atoms with Gasteiger partial charge in [0.2, 0.25) is 0 Å². The molecule has 0 saturated carbocycles. The van der Waals surface area contributed by atoms with Crippen molar-refractivity contribution in [3.63, 3.8) is 0 Å². The molecule has 0 spiro atoms. The van der Waals surface area contributed by atoms with Gasteiger partial charge in [0.1, 0.15) is 5.75 Å². The molecule has 2 heteroatoms. The van der Waals surface area contributed by atoms with E-state index < -0.39 is 0 Å². The number of hydrogen-bond acceptors (Lipinski definition) is 2. The number of ether oxygens (including phenoxy) is 1. The molecule has 1 rings (SSSR count). The van der Waals surface area contributed by atoms with Gasteiger partial charge in [-0.05, 0) is 30.7 Å². The van der Waals surface area contributed by atoms with Gasteiger partial charge in [-0.15, -0.1) is 0 Å². The van der Waals surface area contributed by atoms with Gasteiger partial charge in [0.05, 0.1) is 7.11 Å². The predicted octanol–water partition coefficient (Wildman–Crippen LogP) is 3.03. The van der Waals surface area contributed by atoms with Crippen LogP contribution in [0.25, 0.3) is 0 Å². The van der Waals surface area contributed by atoms with Gasteiger partial charge < -0.3 is 10.1 Å². The summed E-state index contributed by atoms with van der Waals surface area (Å²) in [7, 11) is 1.66. The molecule has 0 aliphatic heterocycles. The predicted molar refractivity (Wildman–Crippen MR) is 56.0 cm³/mol. The molecule has 1 N–H and O–H groups in total. The largest absolute Gasteiger partial charge is 0.497 e. The lowest BCUT2D eigenvalue weighted by Crippen LogP contribution is -1.95. The lowest BCUT2D eigenvalue weighted by atomic mass is 10.3. The standard InChI is InChI=1S/C11H15NO/c1-4-9(2)12-10-5-7-11(13-3)8-6-10/h5-8,12H,2,4H2,1,3H3. The van der Waals surface area contributed by atoms with Crippen LogP contribution >= 0.6 is 0 Å². The van der Waals surface area contributed by atoms with Crippen molar-refractivity contribution in [2.45, 2.75) is 13.3 Å². The zero-order valence-corrected chi connectivity index (χ0v) is 8.13. The second kappa shape index (κ2) is 4.55. The molecule has 0 saturated heterocycles. The Morgan fingerprint density at radius 2 is 2.00 bits per heavy atom. The molecule has 0 bridgehead atoms. The van der Waals surface area contributed by atoms with Crippen LogP contribution in [0.5, 0.6) is 5.75 Å². The summed E-state index contributed by atoms with van der Waals surface area (Å²) in [5.74, 6) is 0.868. The Morgan fingerprint density at radius 3 is 2.46 bits per heavy atom. The van der Waals surface area contributed by atoms with Gasteiger partial charge in [-0.2, -0.15) is 0 Å². The van der Waals surface area contributed by atoms with Crippen LogP contribution in [-0.4, -0.2) is 7.11 Å². The highest BCUT2D eigenvalue weighted by atomic mass is 16.5. The molecular weight excluding hydrogens is 162 g/mol. The number of nitrogens with one attached hydrogen (secondary N) is 1. The number of benzene rings is 1. The first-order chi connectivity index (χ1) is 6.26. The average molecular weight is 177 g/mol. The Balaban J connectivity index is 2.64. The number of methoxy groups -OCH3 is 1. The van der Waals surface area contributed by atoms with Crippen molar-refractivity contribution < 1.29 is 4.74 Å². The SMILES string of the molecule is C=C(CC)Nc1ccc(OC)cc1. The van der Waals surface area contributed by atoms with E-state index in [1.807, 2.05) is 24.3 Å². The quantitative estimate of drug-likeness (QED) is 0.763. The van der Waals surface area contributed by atoms with Gasteiger partial charge in [0.25, 0.3) is 0 Å². The number of allylic oxidation sites excluding steroid dienone is 1. The molecule has 0 amide bonds. The molecule has 0 unspecified atom stereocenters. The van der Waals surface area contributed by atoms with Crippen molar-refractivity contribution in [1.82, 2.24) is 0 Å². The van der Waals surface area contributed by atoms with Crippen LogP contribution in [0, 0.1) is 0 Å². The summed E-state index contributed by atoms with van der Waals surface area (Å²) in [6.45, 7) is 5.94. The minimum Gasteiger partial charge on any atom is -0.497 e. The molecule has 70 valence electrons. The maximum atomic E-state index is 5.05. The fourth-order valence-corrected chi connectivity index (χ4v) is 0.967. The van der Waals surface area contributed by atoms with Crippen LogP contribution in [0.15, 0.2) is 36.5 Å². The van der Waals surface area contributed by atoms with Gasteiger partial charge in [-0.25, -0.2) is 0 Å². The number of anilines is 1. The van der Waals surface area contributed by atoms with Gasteiger partial charge in [0.15, 0.2) is 0 Å². The summed E-state index contributed by atoms with van der Waals surface area (Å²) in [6, 6.07) is 7.79. The summed E-state index contributed by atoms with van der Waals surface area (Å²) in [4.78, 5) is 0. The Morgan fingerprint density at radius 1 is 1.38 bits per heavy atom. The third-order valence-electron chi connectivity index (χ3n) is 1.84. The first kappa shape index (κ1) is 9.65. The van der Waals surface area contributed by atoms with Crippen LogP contribution in [0.4, 0.5) is 5.69 Å². The summed E-state index contributed by atoms with van der Waals surface area (Å²) >= 11 is 0. The van der Waals surface area contributed by atoms with Crippen LogP contribution in [0.1, 0.15) is 13.3 Å². The van der Waals surface area contributed by atoms with Crippen molar-refractivity contribution in [3.05, 3.63) is 36.5 Å². The highest BCUT2D eigenvalue weighted by molar-refractivity contribution is 5.49. The summed E-state index contributed by atoms with van der Waals surface area (Å²) in [5.41, 5.74) is 2.07. The Kier molecular flexibility index (Phi) is 3.38. The molecule has 13 heavy (non-hydrogen) atoms. The van der Waals surface area contributed by atoms with E-state index in [-0.39, 0.29) is 0 Å². The molecule has 0 aromatic heterocycles. The third kappa shape index (κ3) is 2.82. The minimum absolute atomic E-state index is 0.868. The van der Waals surface area contributed by atoms with Gasteiger partial charge in [0, 0.05) is 11.4 Å². The van der Waals surface area contributed by atoms with Crippen LogP contribution in [0.2, 0.25) is 0 Å². The van der Waals surface area contributed by atoms with Crippen molar-refractivity contribution in [3.8, 4) is 5.75 Å². The van der Waals surface area contributed by atoms with E-state index >= 15 is 0 Å². The average Bonchev–Trinajstić information content (AvgIpc) is 2.19.